The summed E-state index contributed by atoms with van der Waals surface area (Å²) < 4.78 is 17.9. The molecule has 0 aliphatic carbocycles. The molecule has 0 aromatic heterocycles. The average molecular weight is 273 g/mol. The molecule has 0 fully saturated rings. The molecule has 0 heterocycles. The first-order valence-electron chi connectivity index (χ1n) is 6.27. The van der Waals surface area contributed by atoms with Gasteiger partial charge in [-0.3, -0.25) is 0 Å². The van der Waals surface area contributed by atoms with Gasteiger partial charge in [-0.1, -0.05) is 12.1 Å². The molecule has 0 unspecified atom stereocenters. The monoisotopic (exact) mass is 273 g/mol. The lowest BCUT2D eigenvalue weighted by Crippen LogP contribution is -2.05. The van der Waals surface area contributed by atoms with Crippen LogP contribution in [0.15, 0.2) is 42.5 Å². The summed E-state index contributed by atoms with van der Waals surface area (Å²) in [7, 11) is 1.35. The number of benzene rings is 2. The van der Waals surface area contributed by atoms with E-state index < -0.39 is 0 Å². The maximum absolute atomic E-state index is 13.2. The van der Waals surface area contributed by atoms with Gasteiger partial charge in [0.2, 0.25) is 0 Å². The molecule has 0 spiro atoms. The molecule has 2 rings (SSSR count). The molecule has 0 aliphatic heterocycles. The second-order valence-corrected chi connectivity index (χ2v) is 4.50. The highest BCUT2D eigenvalue weighted by molar-refractivity contribution is 5.90. The molecule has 4 heteroatoms. The third-order valence-corrected chi connectivity index (χ3v) is 3.08. The number of hydrogen-bond donors (Lipinski definition) is 1. The van der Waals surface area contributed by atoms with Crippen LogP contribution in [-0.4, -0.2) is 13.1 Å². The summed E-state index contributed by atoms with van der Waals surface area (Å²) in [5.41, 5.74) is 3.17. The van der Waals surface area contributed by atoms with E-state index in [1.165, 1.54) is 19.2 Å². The number of nitrogens with one attached hydrogen (secondary N) is 1. The molecule has 1 N–H and O–H groups in total. The van der Waals surface area contributed by atoms with Crippen LogP contribution in [-0.2, 0) is 11.3 Å². The first-order valence-corrected chi connectivity index (χ1v) is 6.27. The van der Waals surface area contributed by atoms with Crippen molar-refractivity contribution in [1.82, 2.24) is 0 Å². The fourth-order valence-electron chi connectivity index (χ4n) is 1.90. The van der Waals surface area contributed by atoms with E-state index >= 15 is 0 Å². The molecule has 3 nitrogen and oxygen atoms in total. The Morgan fingerprint density at radius 2 is 2.05 bits per heavy atom. The third-order valence-electron chi connectivity index (χ3n) is 3.08. The largest absolute Gasteiger partial charge is 0.465 e. The number of esters is 1. The highest BCUT2D eigenvalue weighted by Crippen LogP contribution is 2.15. The molecule has 2 aromatic rings. The summed E-state index contributed by atoms with van der Waals surface area (Å²) in [5.74, 6) is -0.633. The van der Waals surface area contributed by atoms with Crippen LogP contribution in [0.2, 0.25) is 0 Å². The Hall–Kier alpha value is -2.36. The summed E-state index contributed by atoms with van der Waals surface area (Å²) >= 11 is 0. The zero-order valence-corrected chi connectivity index (χ0v) is 11.4. The van der Waals surface area contributed by atoms with Crippen molar-refractivity contribution in [2.24, 2.45) is 0 Å². The maximum Gasteiger partial charge on any atom is 0.337 e. The summed E-state index contributed by atoms with van der Waals surface area (Å²) in [5, 5.41) is 3.17. The lowest BCUT2D eigenvalue weighted by molar-refractivity contribution is 0.0601. The van der Waals surface area contributed by atoms with Crippen LogP contribution in [0, 0.1) is 12.7 Å². The minimum absolute atomic E-state index is 0.254. The third kappa shape index (κ3) is 3.35. The van der Waals surface area contributed by atoms with Gasteiger partial charge in [0.25, 0.3) is 0 Å². The Bertz CT molecular complexity index is 626. The molecule has 0 radical (unpaired) electrons. The minimum Gasteiger partial charge on any atom is -0.465 e. The Kier molecular flexibility index (Phi) is 4.35. The van der Waals surface area contributed by atoms with E-state index in [9.17, 15) is 9.18 Å². The van der Waals surface area contributed by atoms with E-state index in [2.05, 4.69) is 10.1 Å². The van der Waals surface area contributed by atoms with Crippen molar-refractivity contribution in [3.05, 3.63) is 65.0 Å². The van der Waals surface area contributed by atoms with E-state index in [1.54, 1.807) is 24.3 Å². The molecule has 0 saturated heterocycles. The quantitative estimate of drug-likeness (QED) is 0.866. The zero-order valence-electron chi connectivity index (χ0n) is 11.4. The molecule has 0 bridgehead atoms. The highest BCUT2D eigenvalue weighted by Gasteiger charge is 2.06. The number of carbonyl (C=O) groups excluding carboxylic acids is 1. The Morgan fingerprint density at radius 1 is 1.25 bits per heavy atom. The lowest BCUT2D eigenvalue weighted by Gasteiger charge is -2.10. The van der Waals surface area contributed by atoms with Gasteiger partial charge in [0, 0.05) is 12.2 Å². The average Bonchev–Trinajstić information content (AvgIpc) is 2.47. The molecular weight excluding hydrogens is 257 g/mol. The van der Waals surface area contributed by atoms with E-state index in [4.69, 9.17) is 0 Å². The number of methoxy groups -OCH3 is 1. The van der Waals surface area contributed by atoms with Crippen molar-refractivity contribution in [2.75, 3.05) is 12.4 Å². The standard InChI is InChI=1S/C16H16FNO2/c1-11-6-7-14(17)8-13(11)10-18-15-5-3-4-12(9-15)16(19)20-2/h3-9,18H,10H2,1-2H3. The van der Waals surface area contributed by atoms with Crippen LogP contribution in [0.1, 0.15) is 21.5 Å². The number of aryl methyl sites for hydroxylation is 1. The number of anilines is 1. The number of hydrogen-bond acceptors (Lipinski definition) is 3. The van der Waals surface area contributed by atoms with Crippen LogP contribution in [0.4, 0.5) is 10.1 Å². The molecule has 2 aromatic carbocycles. The van der Waals surface area contributed by atoms with Crippen molar-refractivity contribution < 1.29 is 13.9 Å². The maximum atomic E-state index is 13.2. The second kappa shape index (κ2) is 6.19. The normalized spacial score (nSPS) is 10.2. The molecule has 0 aliphatic rings. The van der Waals surface area contributed by atoms with Crippen molar-refractivity contribution >= 4 is 11.7 Å². The van der Waals surface area contributed by atoms with Crippen molar-refractivity contribution in [3.63, 3.8) is 0 Å². The molecular formula is C16H16FNO2. The first kappa shape index (κ1) is 14.1. The van der Waals surface area contributed by atoms with E-state index in [1.807, 2.05) is 13.0 Å². The Labute approximate surface area is 117 Å². The Morgan fingerprint density at radius 3 is 2.80 bits per heavy atom. The topological polar surface area (TPSA) is 38.3 Å². The van der Waals surface area contributed by atoms with E-state index in [0.29, 0.717) is 12.1 Å². The van der Waals surface area contributed by atoms with Gasteiger partial charge in [0.1, 0.15) is 5.82 Å². The Balaban J connectivity index is 2.11. The van der Waals surface area contributed by atoms with Crippen molar-refractivity contribution in [1.29, 1.82) is 0 Å². The van der Waals surface area contributed by atoms with Gasteiger partial charge >= 0.3 is 5.97 Å². The first-order chi connectivity index (χ1) is 9.60. The van der Waals surface area contributed by atoms with Crippen LogP contribution in [0.5, 0.6) is 0 Å². The fraction of sp³-hybridized carbons (Fsp3) is 0.188. The number of carbonyl (C=O) groups is 1. The van der Waals surface area contributed by atoms with Crippen molar-refractivity contribution in [2.45, 2.75) is 13.5 Å². The molecule has 0 atom stereocenters. The number of rotatable bonds is 4. The minimum atomic E-state index is -0.379. The highest BCUT2D eigenvalue weighted by atomic mass is 19.1. The van der Waals surface area contributed by atoms with Gasteiger partial charge in [-0.05, 0) is 48.4 Å². The van der Waals surface area contributed by atoms with Crippen LogP contribution in [0.3, 0.4) is 0 Å². The van der Waals surface area contributed by atoms with Gasteiger partial charge in [-0.15, -0.1) is 0 Å². The smallest absolute Gasteiger partial charge is 0.337 e. The van der Waals surface area contributed by atoms with E-state index in [0.717, 1.165) is 16.8 Å². The molecule has 0 amide bonds. The second-order valence-electron chi connectivity index (χ2n) is 4.50. The van der Waals surface area contributed by atoms with Gasteiger partial charge < -0.3 is 10.1 Å². The number of halogens is 1. The zero-order chi connectivity index (χ0) is 14.5. The molecule has 20 heavy (non-hydrogen) atoms. The van der Waals surface area contributed by atoms with Gasteiger partial charge in [-0.25, -0.2) is 9.18 Å². The van der Waals surface area contributed by atoms with Crippen LogP contribution < -0.4 is 5.32 Å². The summed E-state index contributed by atoms with van der Waals surface area (Å²) in [6, 6.07) is 11.7. The van der Waals surface area contributed by atoms with Crippen LogP contribution >= 0.6 is 0 Å². The SMILES string of the molecule is COC(=O)c1cccc(NCc2cc(F)ccc2C)c1. The van der Waals surface area contributed by atoms with E-state index in [-0.39, 0.29) is 11.8 Å². The molecule has 0 saturated carbocycles. The van der Waals surface area contributed by atoms with Crippen molar-refractivity contribution in [3.8, 4) is 0 Å². The van der Waals surface area contributed by atoms with Gasteiger partial charge in [-0.2, -0.15) is 0 Å². The predicted octanol–water partition coefficient (Wildman–Crippen LogP) is 3.53. The predicted molar refractivity (Wildman–Crippen MR) is 76.2 cm³/mol. The molecule has 104 valence electrons. The number of ether oxygens (including phenoxy) is 1. The van der Waals surface area contributed by atoms with Crippen LogP contribution in [0.25, 0.3) is 0 Å². The summed E-state index contributed by atoms with van der Waals surface area (Å²) in [4.78, 5) is 11.4. The van der Waals surface area contributed by atoms with Gasteiger partial charge in [0.05, 0.1) is 12.7 Å². The fourth-order valence-corrected chi connectivity index (χ4v) is 1.90. The summed E-state index contributed by atoms with van der Waals surface area (Å²) in [6.45, 7) is 2.43. The van der Waals surface area contributed by atoms with Gasteiger partial charge in [0.15, 0.2) is 0 Å². The summed E-state index contributed by atoms with van der Waals surface area (Å²) in [6.07, 6.45) is 0. The lowest BCUT2D eigenvalue weighted by atomic mass is 10.1.